The third kappa shape index (κ3) is 2.74. The Kier molecular flexibility index (Phi) is 3.98. The Hall–Kier alpha value is -3.15. The van der Waals surface area contributed by atoms with Gasteiger partial charge >= 0.3 is 0 Å². The number of likely N-dealkylation sites (tertiary alicyclic amines) is 1. The van der Waals surface area contributed by atoms with E-state index >= 15 is 4.39 Å². The molecule has 0 aliphatic carbocycles. The van der Waals surface area contributed by atoms with Crippen molar-refractivity contribution >= 4 is 22.5 Å². The first-order valence-electron chi connectivity index (χ1n) is 9.89. The zero-order valence-corrected chi connectivity index (χ0v) is 16.4. The predicted octanol–water partition coefficient (Wildman–Crippen LogP) is 3.90. The molecule has 0 unspecified atom stereocenters. The molecule has 0 atom stereocenters. The highest BCUT2D eigenvalue weighted by Crippen LogP contribution is 2.43. The van der Waals surface area contributed by atoms with Crippen molar-refractivity contribution in [1.82, 2.24) is 15.1 Å². The Bertz CT molecular complexity index is 1130. The summed E-state index contributed by atoms with van der Waals surface area (Å²) in [4.78, 5) is 15.7. The van der Waals surface area contributed by atoms with E-state index in [0.717, 1.165) is 54.6 Å². The van der Waals surface area contributed by atoms with E-state index in [4.69, 9.17) is 0 Å². The van der Waals surface area contributed by atoms with E-state index in [9.17, 15) is 4.79 Å². The summed E-state index contributed by atoms with van der Waals surface area (Å²) in [5.74, 6) is -0.217. The largest absolute Gasteiger partial charge is 0.368 e. The van der Waals surface area contributed by atoms with Gasteiger partial charge in [-0.2, -0.15) is 5.10 Å². The molecule has 2 aromatic carbocycles. The van der Waals surface area contributed by atoms with Crippen molar-refractivity contribution in [2.24, 2.45) is 5.41 Å². The number of nitrogens with one attached hydrogen (secondary N) is 1. The number of aromatic nitrogens is 2. The van der Waals surface area contributed by atoms with Crippen LogP contribution in [0, 0.1) is 18.2 Å². The minimum absolute atomic E-state index is 0.0223. The number of benzene rings is 2. The maximum atomic E-state index is 15.7. The van der Waals surface area contributed by atoms with Crippen LogP contribution in [0.25, 0.3) is 22.0 Å². The zero-order valence-electron chi connectivity index (χ0n) is 16.4. The fourth-order valence-corrected chi connectivity index (χ4v) is 4.89. The maximum Gasteiger partial charge on any atom is 0.245 e. The highest BCUT2D eigenvalue weighted by molar-refractivity contribution is 5.96. The van der Waals surface area contributed by atoms with Crippen molar-refractivity contribution in [2.75, 3.05) is 31.1 Å². The van der Waals surface area contributed by atoms with Crippen LogP contribution in [0.3, 0.4) is 0 Å². The van der Waals surface area contributed by atoms with Gasteiger partial charge in [0.1, 0.15) is 0 Å². The number of carbonyl (C=O) groups excluding carboxylic acids is 1. The summed E-state index contributed by atoms with van der Waals surface area (Å²) in [6, 6.07) is 9.58. The van der Waals surface area contributed by atoms with E-state index in [0.29, 0.717) is 11.3 Å². The Morgan fingerprint density at radius 2 is 2.10 bits per heavy atom. The van der Waals surface area contributed by atoms with Crippen LogP contribution in [0.4, 0.5) is 10.1 Å². The first kappa shape index (κ1) is 17.9. The Labute approximate surface area is 168 Å². The smallest absolute Gasteiger partial charge is 0.245 e. The lowest BCUT2D eigenvalue weighted by Crippen LogP contribution is -2.59. The van der Waals surface area contributed by atoms with Crippen molar-refractivity contribution in [2.45, 2.75) is 13.3 Å². The number of rotatable bonds is 3. The number of fused-ring (bicyclic) bond motifs is 1. The molecule has 0 bridgehead atoms. The zero-order chi connectivity index (χ0) is 20.2. The van der Waals surface area contributed by atoms with E-state index in [1.54, 1.807) is 6.20 Å². The predicted molar refractivity (Wildman–Crippen MR) is 112 cm³/mol. The summed E-state index contributed by atoms with van der Waals surface area (Å²) < 4.78 is 15.7. The molecule has 2 aliphatic heterocycles. The lowest BCUT2D eigenvalue weighted by Gasteiger charge is -2.47. The number of nitrogens with zero attached hydrogens (tertiary/aromatic N) is 3. The molecule has 1 amide bonds. The van der Waals surface area contributed by atoms with Crippen LogP contribution in [0.2, 0.25) is 0 Å². The van der Waals surface area contributed by atoms with Gasteiger partial charge in [-0.25, -0.2) is 4.39 Å². The molecule has 3 aromatic rings. The standard InChI is InChI=1S/C23H23FN4O/c1-3-20(29)28-13-23(14-28)9-10-27(12-23)19-6-4-5-16(22(19)24)21-15(2)7-8-18-17(21)11-25-26-18/h3-8,11H,1,9-10,12-14H2,2H3,(H,25,26). The molecule has 1 N–H and O–H groups in total. The second-order valence-electron chi connectivity index (χ2n) is 8.30. The molecule has 148 valence electrons. The number of halogens is 1. The van der Waals surface area contributed by atoms with Gasteiger partial charge in [0.2, 0.25) is 5.91 Å². The number of amides is 1. The summed E-state index contributed by atoms with van der Waals surface area (Å²) in [5, 5.41) is 8.02. The molecule has 5 rings (SSSR count). The summed E-state index contributed by atoms with van der Waals surface area (Å²) in [5.41, 5.74) is 4.11. The van der Waals surface area contributed by atoms with Gasteiger partial charge in [0.15, 0.2) is 5.82 Å². The number of aryl methyl sites for hydroxylation is 1. The summed E-state index contributed by atoms with van der Waals surface area (Å²) in [7, 11) is 0. The highest BCUT2D eigenvalue weighted by Gasteiger charge is 2.49. The average Bonchev–Trinajstić information content (AvgIpc) is 3.34. The molecular formula is C23H23FN4O. The van der Waals surface area contributed by atoms with Crippen molar-refractivity contribution in [3.8, 4) is 11.1 Å². The van der Waals surface area contributed by atoms with Gasteiger partial charge in [-0.3, -0.25) is 9.89 Å². The van der Waals surface area contributed by atoms with Crippen LogP contribution in [-0.2, 0) is 4.79 Å². The van der Waals surface area contributed by atoms with Gasteiger partial charge < -0.3 is 9.80 Å². The van der Waals surface area contributed by atoms with Crippen LogP contribution >= 0.6 is 0 Å². The normalized spacial score (nSPS) is 17.7. The highest BCUT2D eigenvalue weighted by atomic mass is 19.1. The molecule has 29 heavy (non-hydrogen) atoms. The number of hydrogen-bond acceptors (Lipinski definition) is 3. The number of H-pyrrole nitrogens is 1. The van der Waals surface area contributed by atoms with Gasteiger partial charge in [0.05, 0.1) is 17.4 Å². The SMILES string of the molecule is C=CC(=O)N1CC2(CCN(c3cccc(-c4c(C)ccc5[nH]ncc45)c3F)C2)C1. The van der Waals surface area contributed by atoms with E-state index in [2.05, 4.69) is 21.7 Å². The molecule has 0 radical (unpaired) electrons. The van der Waals surface area contributed by atoms with Gasteiger partial charge in [-0.1, -0.05) is 24.8 Å². The van der Waals surface area contributed by atoms with Gasteiger partial charge in [-0.15, -0.1) is 0 Å². The fraction of sp³-hybridized carbons (Fsp3) is 0.304. The number of anilines is 1. The molecule has 1 aromatic heterocycles. The van der Waals surface area contributed by atoms with Crippen LogP contribution < -0.4 is 4.90 Å². The molecule has 6 heteroatoms. The lowest BCUT2D eigenvalue weighted by atomic mass is 9.79. The summed E-state index contributed by atoms with van der Waals surface area (Å²) in [6.45, 7) is 8.57. The minimum Gasteiger partial charge on any atom is -0.368 e. The minimum atomic E-state index is -0.195. The lowest BCUT2D eigenvalue weighted by molar-refractivity contribution is -0.136. The monoisotopic (exact) mass is 390 g/mol. The molecule has 2 aliphatic rings. The van der Waals surface area contributed by atoms with E-state index in [1.165, 1.54) is 6.08 Å². The van der Waals surface area contributed by atoms with Crippen molar-refractivity contribution in [1.29, 1.82) is 0 Å². The number of hydrogen-bond donors (Lipinski definition) is 1. The van der Waals surface area contributed by atoms with E-state index in [1.807, 2.05) is 42.2 Å². The van der Waals surface area contributed by atoms with E-state index in [-0.39, 0.29) is 17.1 Å². The first-order chi connectivity index (χ1) is 14.0. The van der Waals surface area contributed by atoms with Gasteiger partial charge in [0, 0.05) is 42.5 Å². The molecule has 1 spiro atoms. The van der Waals surface area contributed by atoms with Crippen molar-refractivity contribution in [3.05, 3.63) is 60.6 Å². The van der Waals surface area contributed by atoms with Gasteiger partial charge in [-0.05, 0) is 42.7 Å². The van der Waals surface area contributed by atoms with Gasteiger partial charge in [0.25, 0.3) is 0 Å². The second kappa shape index (κ2) is 6.44. The topological polar surface area (TPSA) is 52.2 Å². The van der Waals surface area contributed by atoms with Crippen LogP contribution in [0.1, 0.15) is 12.0 Å². The quantitative estimate of drug-likeness (QED) is 0.690. The molecular weight excluding hydrogens is 367 g/mol. The average molecular weight is 390 g/mol. The Morgan fingerprint density at radius 3 is 2.90 bits per heavy atom. The summed E-state index contributed by atoms with van der Waals surface area (Å²) in [6.07, 6.45) is 4.09. The van der Waals surface area contributed by atoms with Crippen LogP contribution in [0.15, 0.2) is 49.2 Å². The third-order valence-electron chi connectivity index (χ3n) is 6.40. The van der Waals surface area contributed by atoms with E-state index < -0.39 is 0 Å². The molecule has 5 nitrogen and oxygen atoms in total. The van der Waals surface area contributed by atoms with Crippen molar-refractivity contribution < 1.29 is 9.18 Å². The van der Waals surface area contributed by atoms with Crippen LogP contribution in [-0.4, -0.2) is 47.2 Å². The van der Waals surface area contributed by atoms with Crippen LogP contribution in [0.5, 0.6) is 0 Å². The fourth-order valence-electron chi connectivity index (χ4n) is 4.89. The number of carbonyl (C=O) groups is 1. The molecule has 3 heterocycles. The molecule has 2 saturated heterocycles. The first-order valence-corrected chi connectivity index (χ1v) is 9.89. The maximum absolute atomic E-state index is 15.7. The molecule has 2 fully saturated rings. The molecule has 0 saturated carbocycles. The third-order valence-corrected chi connectivity index (χ3v) is 6.40. The number of aromatic amines is 1. The van der Waals surface area contributed by atoms with Crippen molar-refractivity contribution in [3.63, 3.8) is 0 Å². The summed E-state index contributed by atoms with van der Waals surface area (Å²) >= 11 is 0. The second-order valence-corrected chi connectivity index (χ2v) is 8.30. The Balaban J connectivity index is 1.47. The Morgan fingerprint density at radius 1 is 1.28 bits per heavy atom.